The van der Waals surface area contributed by atoms with Crippen LogP contribution in [0.15, 0.2) is 0 Å². The number of carbonyl (C=O) groups excluding carboxylic acids is 1. The maximum absolute atomic E-state index is 11.1. The topological polar surface area (TPSA) is 35.5 Å². The van der Waals surface area contributed by atoms with Crippen LogP contribution in [0.1, 0.15) is 45.4 Å². The zero-order chi connectivity index (χ0) is 10.0. The lowest BCUT2D eigenvalue weighted by Gasteiger charge is -2.35. The first kappa shape index (κ1) is 9.97. The lowest BCUT2D eigenvalue weighted by molar-refractivity contribution is -0.153. The van der Waals surface area contributed by atoms with Gasteiger partial charge in [-0.15, -0.1) is 0 Å². The molecule has 0 unspecified atom stereocenters. The third-order valence-electron chi connectivity index (χ3n) is 3.36. The summed E-state index contributed by atoms with van der Waals surface area (Å²) < 4.78 is 11.0. The summed E-state index contributed by atoms with van der Waals surface area (Å²) in [6, 6.07) is 0. The minimum absolute atomic E-state index is 0.0140. The van der Waals surface area contributed by atoms with Crippen molar-refractivity contribution in [3.63, 3.8) is 0 Å². The molecule has 0 atom stereocenters. The molecule has 0 N–H and O–H groups in total. The highest BCUT2D eigenvalue weighted by atomic mass is 16.6. The molecule has 2 aliphatic rings. The van der Waals surface area contributed by atoms with E-state index in [1.165, 1.54) is 0 Å². The Hall–Kier alpha value is -0.570. The molecule has 1 spiro atoms. The Balaban J connectivity index is 1.86. The minimum Gasteiger partial charge on any atom is -0.459 e. The number of hydrogen-bond donors (Lipinski definition) is 0. The van der Waals surface area contributed by atoms with Crippen LogP contribution in [0.4, 0.5) is 0 Å². The van der Waals surface area contributed by atoms with Crippen molar-refractivity contribution in [1.29, 1.82) is 0 Å². The van der Waals surface area contributed by atoms with Gasteiger partial charge in [0.1, 0.15) is 5.60 Å². The van der Waals surface area contributed by atoms with Gasteiger partial charge in [0, 0.05) is 13.0 Å². The highest BCUT2D eigenvalue weighted by Gasteiger charge is 2.43. The summed E-state index contributed by atoms with van der Waals surface area (Å²) in [5.74, 6) is -0.0140. The van der Waals surface area contributed by atoms with Gasteiger partial charge < -0.3 is 9.47 Å². The van der Waals surface area contributed by atoms with Crippen LogP contribution in [-0.2, 0) is 14.3 Å². The van der Waals surface area contributed by atoms with E-state index in [1.807, 2.05) is 6.92 Å². The van der Waals surface area contributed by atoms with Crippen molar-refractivity contribution in [2.45, 2.75) is 57.2 Å². The van der Waals surface area contributed by atoms with Crippen LogP contribution in [0.5, 0.6) is 0 Å². The first-order valence-corrected chi connectivity index (χ1v) is 5.57. The Kier molecular flexibility index (Phi) is 2.77. The van der Waals surface area contributed by atoms with Crippen LogP contribution >= 0.6 is 0 Å². The quantitative estimate of drug-likeness (QED) is 0.637. The molecule has 3 nitrogen and oxygen atoms in total. The van der Waals surface area contributed by atoms with Gasteiger partial charge in [0.25, 0.3) is 0 Å². The first-order valence-electron chi connectivity index (χ1n) is 5.57. The molecule has 14 heavy (non-hydrogen) atoms. The van der Waals surface area contributed by atoms with Gasteiger partial charge in [0.05, 0.1) is 6.10 Å². The van der Waals surface area contributed by atoms with Crippen molar-refractivity contribution in [2.75, 3.05) is 6.61 Å². The molecule has 2 rings (SSSR count). The standard InChI is InChI=1S/C11H18O3/c1-2-13-9-3-6-11(7-4-9)8-5-10(12)14-11/h9H,2-8H2,1H3. The lowest BCUT2D eigenvalue weighted by atomic mass is 9.81. The molecular formula is C11H18O3. The molecule has 0 aromatic heterocycles. The molecular weight excluding hydrogens is 180 g/mol. The van der Waals surface area contributed by atoms with Gasteiger partial charge in [-0.05, 0) is 39.0 Å². The molecule has 1 saturated carbocycles. The molecule has 0 aromatic carbocycles. The maximum Gasteiger partial charge on any atom is 0.306 e. The summed E-state index contributed by atoms with van der Waals surface area (Å²) >= 11 is 0. The average molecular weight is 198 g/mol. The van der Waals surface area contributed by atoms with E-state index in [1.54, 1.807) is 0 Å². The van der Waals surface area contributed by atoms with Gasteiger partial charge in [-0.2, -0.15) is 0 Å². The van der Waals surface area contributed by atoms with E-state index in [2.05, 4.69) is 0 Å². The second-order valence-electron chi connectivity index (χ2n) is 4.31. The van der Waals surface area contributed by atoms with Crippen LogP contribution in [-0.4, -0.2) is 24.3 Å². The Bertz CT molecular complexity index is 217. The summed E-state index contributed by atoms with van der Waals surface area (Å²) in [4.78, 5) is 11.1. The third kappa shape index (κ3) is 1.92. The average Bonchev–Trinajstić information content (AvgIpc) is 2.53. The third-order valence-corrected chi connectivity index (χ3v) is 3.36. The van der Waals surface area contributed by atoms with E-state index in [4.69, 9.17) is 9.47 Å². The second kappa shape index (κ2) is 3.89. The maximum atomic E-state index is 11.1. The number of carbonyl (C=O) groups is 1. The molecule has 2 fully saturated rings. The summed E-state index contributed by atoms with van der Waals surface area (Å²) in [6.07, 6.45) is 5.99. The van der Waals surface area contributed by atoms with Crippen LogP contribution in [0, 0.1) is 0 Å². The van der Waals surface area contributed by atoms with Crippen LogP contribution in [0.3, 0.4) is 0 Å². The molecule has 1 aliphatic carbocycles. The summed E-state index contributed by atoms with van der Waals surface area (Å²) in [5.41, 5.74) is -0.106. The predicted octanol–water partition coefficient (Wildman–Crippen LogP) is 2.04. The number of esters is 1. The summed E-state index contributed by atoms with van der Waals surface area (Å²) in [5, 5.41) is 0. The van der Waals surface area contributed by atoms with Crippen molar-refractivity contribution >= 4 is 5.97 Å². The molecule has 1 heterocycles. The largest absolute Gasteiger partial charge is 0.459 e. The lowest BCUT2D eigenvalue weighted by Crippen LogP contribution is -2.36. The van der Waals surface area contributed by atoms with Crippen molar-refractivity contribution < 1.29 is 14.3 Å². The highest BCUT2D eigenvalue weighted by molar-refractivity contribution is 5.72. The number of rotatable bonds is 2. The Labute approximate surface area is 84.8 Å². The number of ether oxygens (including phenoxy) is 2. The van der Waals surface area contributed by atoms with E-state index >= 15 is 0 Å². The van der Waals surface area contributed by atoms with Gasteiger partial charge in [-0.3, -0.25) is 4.79 Å². The summed E-state index contributed by atoms with van der Waals surface area (Å²) in [7, 11) is 0. The Morgan fingerprint density at radius 3 is 2.64 bits per heavy atom. The van der Waals surface area contributed by atoms with E-state index in [9.17, 15) is 4.79 Å². The molecule has 0 amide bonds. The van der Waals surface area contributed by atoms with Crippen molar-refractivity contribution in [1.82, 2.24) is 0 Å². The fourth-order valence-electron chi connectivity index (χ4n) is 2.55. The molecule has 0 bridgehead atoms. The van der Waals surface area contributed by atoms with Crippen LogP contribution < -0.4 is 0 Å². The zero-order valence-electron chi connectivity index (χ0n) is 8.75. The van der Waals surface area contributed by atoms with Crippen LogP contribution in [0.25, 0.3) is 0 Å². The monoisotopic (exact) mass is 198 g/mol. The predicted molar refractivity (Wildman–Crippen MR) is 51.9 cm³/mol. The molecule has 1 aliphatic heterocycles. The van der Waals surface area contributed by atoms with E-state index in [0.29, 0.717) is 12.5 Å². The smallest absolute Gasteiger partial charge is 0.306 e. The van der Waals surface area contributed by atoms with Crippen molar-refractivity contribution in [3.8, 4) is 0 Å². The fraction of sp³-hybridized carbons (Fsp3) is 0.909. The van der Waals surface area contributed by atoms with Gasteiger partial charge in [-0.25, -0.2) is 0 Å². The highest BCUT2D eigenvalue weighted by Crippen LogP contribution is 2.40. The Morgan fingerprint density at radius 2 is 2.14 bits per heavy atom. The Morgan fingerprint density at radius 1 is 1.43 bits per heavy atom. The fourth-order valence-corrected chi connectivity index (χ4v) is 2.55. The normalized spacial score (nSPS) is 37.5. The first-order chi connectivity index (χ1) is 6.74. The van der Waals surface area contributed by atoms with Crippen molar-refractivity contribution in [2.24, 2.45) is 0 Å². The van der Waals surface area contributed by atoms with E-state index in [-0.39, 0.29) is 11.6 Å². The van der Waals surface area contributed by atoms with Crippen molar-refractivity contribution in [3.05, 3.63) is 0 Å². The molecule has 1 saturated heterocycles. The SMILES string of the molecule is CCOC1CCC2(CCC(=O)O2)CC1. The molecule has 3 heteroatoms. The van der Waals surface area contributed by atoms with Gasteiger partial charge >= 0.3 is 5.97 Å². The minimum atomic E-state index is -0.106. The number of hydrogen-bond acceptors (Lipinski definition) is 3. The van der Waals surface area contributed by atoms with Crippen LogP contribution in [0.2, 0.25) is 0 Å². The van der Waals surface area contributed by atoms with Gasteiger partial charge in [0.15, 0.2) is 0 Å². The zero-order valence-corrected chi connectivity index (χ0v) is 8.75. The second-order valence-corrected chi connectivity index (χ2v) is 4.31. The summed E-state index contributed by atoms with van der Waals surface area (Å²) in [6.45, 7) is 2.82. The van der Waals surface area contributed by atoms with Gasteiger partial charge in [0.2, 0.25) is 0 Å². The molecule has 0 radical (unpaired) electrons. The molecule has 80 valence electrons. The molecule has 0 aromatic rings. The van der Waals surface area contributed by atoms with E-state index < -0.39 is 0 Å². The van der Waals surface area contributed by atoms with E-state index in [0.717, 1.165) is 38.7 Å². The van der Waals surface area contributed by atoms with Gasteiger partial charge in [-0.1, -0.05) is 0 Å².